The number of carbonyl (C=O) groups is 1. The Kier molecular flexibility index (Phi) is 8.33. The SMILES string of the molecule is CCC(C)CCOCC(CO)NC(C)=O. The lowest BCUT2D eigenvalue weighted by Gasteiger charge is -2.16. The molecule has 0 aliphatic rings. The first-order valence-corrected chi connectivity index (χ1v) is 5.55. The van der Waals surface area contributed by atoms with Crippen LogP contribution in [0, 0.1) is 5.92 Å². The molecule has 0 aromatic heterocycles. The molecule has 0 aromatic rings. The van der Waals surface area contributed by atoms with Crippen molar-refractivity contribution in [3.05, 3.63) is 0 Å². The minimum Gasteiger partial charge on any atom is -0.394 e. The van der Waals surface area contributed by atoms with Crippen LogP contribution in [0.5, 0.6) is 0 Å². The molecule has 0 spiro atoms. The van der Waals surface area contributed by atoms with Gasteiger partial charge in [-0.25, -0.2) is 0 Å². The first-order valence-electron chi connectivity index (χ1n) is 5.55. The van der Waals surface area contributed by atoms with Crippen LogP contribution in [0.1, 0.15) is 33.6 Å². The van der Waals surface area contributed by atoms with Gasteiger partial charge in [0.05, 0.1) is 19.3 Å². The predicted octanol–water partition coefficient (Wildman–Crippen LogP) is 0.936. The molecule has 90 valence electrons. The van der Waals surface area contributed by atoms with E-state index in [9.17, 15) is 4.79 Å². The van der Waals surface area contributed by atoms with E-state index in [2.05, 4.69) is 19.2 Å². The van der Waals surface area contributed by atoms with Crippen LogP contribution in [-0.2, 0) is 9.53 Å². The van der Waals surface area contributed by atoms with Gasteiger partial charge in [0.15, 0.2) is 0 Å². The highest BCUT2D eigenvalue weighted by Gasteiger charge is 2.08. The standard InChI is InChI=1S/C11H23NO3/c1-4-9(2)5-6-15-8-11(7-13)12-10(3)14/h9,11,13H,4-8H2,1-3H3,(H,12,14). The molecule has 2 atom stereocenters. The fraction of sp³-hybridized carbons (Fsp3) is 0.909. The molecule has 0 fully saturated rings. The van der Waals surface area contributed by atoms with Crippen molar-refractivity contribution in [1.82, 2.24) is 5.32 Å². The van der Waals surface area contributed by atoms with E-state index in [0.29, 0.717) is 19.1 Å². The third-order valence-corrected chi connectivity index (χ3v) is 2.40. The van der Waals surface area contributed by atoms with Crippen LogP contribution in [0.2, 0.25) is 0 Å². The minimum absolute atomic E-state index is 0.0804. The van der Waals surface area contributed by atoms with Crippen LogP contribution in [0.25, 0.3) is 0 Å². The van der Waals surface area contributed by atoms with Crippen molar-refractivity contribution < 1.29 is 14.6 Å². The molecule has 2 unspecified atom stereocenters. The van der Waals surface area contributed by atoms with Crippen LogP contribution < -0.4 is 5.32 Å². The first kappa shape index (κ1) is 14.4. The molecule has 15 heavy (non-hydrogen) atoms. The third kappa shape index (κ3) is 8.39. The molecule has 0 rings (SSSR count). The highest BCUT2D eigenvalue weighted by molar-refractivity contribution is 5.73. The number of aliphatic hydroxyl groups is 1. The van der Waals surface area contributed by atoms with Crippen molar-refractivity contribution in [3.8, 4) is 0 Å². The van der Waals surface area contributed by atoms with Gasteiger partial charge in [-0.2, -0.15) is 0 Å². The van der Waals surface area contributed by atoms with Crippen LogP contribution >= 0.6 is 0 Å². The second-order valence-corrected chi connectivity index (χ2v) is 3.96. The Morgan fingerprint density at radius 1 is 1.53 bits per heavy atom. The summed E-state index contributed by atoms with van der Waals surface area (Å²) < 4.78 is 5.39. The highest BCUT2D eigenvalue weighted by atomic mass is 16.5. The van der Waals surface area contributed by atoms with Gasteiger partial charge < -0.3 is 15.2 Å². The van der Waals surface area contributed by atoms with E-state index >= 15 is 0 Å². The van der Waals surface area contributed by atoms with Crippen molar-refractivity contribution in [1.29, 1.82) is 0 Å². The number of carbonyl (C=O) groups excluding carboxylic acids is 1. The van der Waals surface area contributed by atoms with Gasteiger partial charge in [0.2, 0.25) is 5.91 Å². The van der Waals surface area contributed by atoms with Gasteiger partial charge >= 0.3 is 0 Å². The third-order valence-electron chi connectivity index (χ3n) is 2.40. The predicted molar refractivity (Wildman–Crippen MR) is 59.6 cm³/mol. The van der Waals surface area contributed by atoms with Crippen molar-refractivity contribution in [2.75, 3.05) is 19.8 Å². The largest absolute Gasteiger partial charge is 0.394 e. The molecule has 1 amide bonds. The average molecular weight is 217 g/mol. The Hall–Kier alpha value is -0.610. The zero-order valence-electron chi connectivity index (χ0n) is 9.95. The van der Waals surface area contributed by atoms with Crippen molar-refractivity contribution in [2.24, 2.45) is 5.92 Å². The topological polar surface area (TPSA) is 58.6 Å². The maximum atomic E-state index is 10.7. The molecule has 4 nitrogen and oxygen atoms in total. The number of nitrogens with one attached hydrogen (secondary N) is 1. The number of rotatable bonds is 8. The summed E-state index contributed by atoms with van der Waals surface area (Å²) in [6.45, 7) is 6.75. The Bertz CT molecular complexity index is 173. The second-order valence-electron chi connectivity index (χ2n) is 3.96. The Morgan fingerprint density at radius 3 is 2.67 bits per heavy atom. The van der Waals surface area contributed by atoms with E-state index in [4.69, 9.17) is 9.84 Å². The van der Waals surface area contributed by atoms with E-state index in [1.54, 1.807) is 0 Å². The van der Waals surface area contributed by atoms with Gasteiger partial charge in [0.1, 0.15) is 0 Å². The summed E-state index contributed by atoms with van der Waals surface area (Å²) in [6, 6.07) is -0.278. The number of hydrogen-bond donors (Lipinski definition) is 2. The Labute approximate surface area is 92.0 Å². The maximum absolute atomic E-state index is 10.7. The summed E-state index contributed by atoms with van der Waals surface area (Å²) in [7, 11) is 0. The quantitative estimate of drug-likeness (QED) is 0.595. The molecular formula is C11H23NO3. The summed E-state index contributed by atoms with van der Waals surface area (Å²) >= 11 is 0. The Balaban J connectivity index is 3.50. The monoisotopic (exact) mass is 217 g/mol. The van der Waals surface area contributed by atoms with Gasteiger partial charge in [-0.3, -0.25) is 4.79 Å². The van der Waals surface area contributed by atoms with E-state index in [-0.39, 0.29) is 18.6 Å². The zero-order chi connectivity index (χ0) is 11.7. The molecule has 0 aromatic carbocycles. The fourth-order valence-corrected chi connectivity index (χ4v) is 1.14. The van der Waals surface area contributed by atoms with Crippen molar-refractivity contribution >= 4 is 5.91 Å². The van der Waals surface area contributed by atoms with Crippen LogP contribution in [0.3, 0.4) is 0 Å². The average Bonchev–Trinajstić information content (AvgIpc) is 2.21. The fourth-order valence-electron chi connectivity index (χ4n) is 1.14. The number of ether oxygens (including phenoxy) is 1. The molecule has 0 aliphatic carbocycles. The molecule has 2 N–H and O–H groups in total. The molecule has 0 aliphatic heterocycles. The molecule has 4 heteroatoms. The number of hydrogen-bond acceptors (Lipinski definition) is 3. The smallest absolute Gasteiger partial charge is 0.217 e. The van der Waals surface area contributed by atoms with Gasteiger partial charge in [-0.1, -0.05) is 20.3 Å². The summed E-state index contributed by atoms with van der Waals surface area (Å²) in [6.07, 6.45) is 2.17. The molecule has 0 saturated heterocycles. The lowest BCUT2D eigenvalue weighted by atomic mass is 10.1. The highest BCUT2D eigenvalue weighted by Crippen LogP contribution is 2.05. The maximum Gasteiger partial charge on any atom is 0.217 e. The second kappa shape index (κ2) is 8.68. The van der Waals surface area contributed by atoms with E-state index in [1.807, 2.05) is 0 Å². The van der Waals surface area contributed by atoms with Crippen LogP contribution in [0.4, 0.5) is 0 Å². The summed E-state index contributed by atoms with van der Waals surface area (Å²) in [4.78, 5) is 10.7. The molecule has 0 saturated carbocycles. The molecular weight excluding hydrogens is 194 g/mol. The van der Waals surface area contributed by atoms with Crippen LogP contribution in [-0.4, -0.2) is 36.9 Å². The van der Waals surface area contributed by atoms with Crippen molar-refractivity contribution in [2.45, 2.75) is 39.7 Å². The Morgan fingerprint density at radius 2 is 2.20 bits per heavy atom. The molecule has 0 bridgehead atoms. The van der Waals surface area contributed by atoms with E-state index < -0.39 is 0 Å². The molecule has 0 radical (unpaired) electrons. The number of aliphatic hydroxyl groups excluding tert-OH is 1. The lowest BCUT2D eigenvalue weighted by Crippen LogP contribution is -2.39. The zero-order valence-corrected chi connectivity index (χ0v) is 9.95. The summed E-state index contributed by atoms with van der Waals surface area (Å²) in [5.74, 6) is 0.526. The van der Waals surface area contributed by atoms with E-state index in [0.717, 1.165) is 12.8 Å². The van der Waals surface area contributed by atoms with Gasteiger partial charge in [0.25, 0.3) is 0 Å². The summed E-state index contributed by atoms with van der Waals surface area (Å²) in [5.41, 5.74) is 0. The number of amides is 1. The van der Waals surface area contributed by atoms with Gasteiger partial charge in [-0.05, 0) is 12.3 Å². The first-order chi connectivity index (χ1) is 7.10. The minimum atomic E-state index is -0.278. The van der Waals surface area contributed by atoms with Crippen LogP contribution in [0.15, 0.2) is 0 Å². The van der Waals surface area contributed by atoms with Gasteiger partial charge in [0, 0.05) is 13.5 Å². The van der Waals surface area contributed by atoms with E-state index in [1.165, 1.54) is 6.92 Å². The summed E-state index contributed by atoms with van der Waals surface area (Å²) in [5, 5.41) is 11.6. The van der Waals surface area contributed by atoms with Crippen molar-refractivity contribution in [3.63, 3.8) is 0 Å². The normalized spacial score (nSPS) is 14.7. The van der Waals surface area contributed by atoms with Gasteiger partial charge in [-0.15, -0.1) is 0 Å². The lowest BCUT2D eigenvalue weighted by molar-refractivity contribution is -0.120. The molecule has 0 heterocycles.